The summed E-state index contributed by atoms with van der Waals surface area (Å²) in [5, 5.41) is 7.96. The summed E-state index contributed by atoms with van der Waals surface area (Å²) in [6.07, 6.45) is 0. The predicted molar refractivity (Wildman–Crippen MR) is 88.5 cm³/mol. The van der Waals surface area contributed by atoms with Crippen molar-refractivity contribution in [2.45, 2.75) is 19.5 Å². The van der Waals surface area contributed by atoms with Crippen LogP contribution < -0.4 is 5.32 Å². The molecule has 3 rings (SSSR count). The van der Waals surface area contributed by atoms with Crippen molar-refractivity contribution in [2.75, 3.05) is 0 Å². The van der Waals surface area contributed by atoms with E-state index in [1.807, 2.05) is 12.1 Å². The standard InChI is InChI=1S/C17H16ClNS/c1-12(13-6-8-15(18)9-7-13)19-10-14-11-20-17-5-3-2-4-16(14)17/h2-9,11-12,19H,10H2,1H3/t12-/m1/s1. The lowest BCUT2D eigenvalue weighted by atomic mass is 10.1. The van der Waals surface area contributed by atoms with Crippen molar-refractivity contribution in [2.24, 2.45) is 0 Å². The Balaban J connectivity index is 1.71. The SMILES string of the molecule is C[C@@H](NCc1csc2ccccc12)c1ccc(Cl)cc1. The number of hydrogen-bond donors (Lipinski definition) is 1. The van der Waals surface area contributed by atoms with Gasteiger partial charge < -0.3 is 5.32 Å². The van der Waals surface area contributed by atoms with Crippen LogP contribution in [0.2, 0.25) is 5.02 Å². The summed E-state index contributed by atoms with van der Waals surface area (Å²) in [5.41, 5.74) is 2.63. The molecule has 20 heavy (non-hydrogen) atoms. The van der Waals surface area contributed by atoms with Gasteiger partial charge in [-0.05, 0) is 47.0 Å². The van der Waals surface area contributed by atoms with Crippen LogP contribution in [0.5, 0.6) is 0 Å². The summed E-state index contributed by atoms with van der Waals surface area (Å²) < 4.78 is 1.35. The van der Waals surface area contributed by atoms with Crippen molar-refractivity contribution in [3.63, 3.8) is 0 Å². The van der Waals surface area contributed by atoms with Crippen molar-refractivity contribution in [1.82, 2.24) is 5.32 Å². The van der Waals surface area contributed by atoms with Gasteiger partial charge in [0.2, 0.25) is 0 Å². The molecular weight excluding hydrogens is 286 g/mol. The summed E-state index contributed by atoms with van der Waals surface area (Å²) in [6, 6.07) is 16.9. The van der Waals surface area contributed by atoms with Gasteiger partial charge in [0.15, 0.2) is 0 Å². The van der Waals surface area contributed by atoms with Gasteiger partial charge in [-0.2, -0.15) is 0 Å². The van der Waals surface area contributed by atoms with E-state index in [9.17, 15) is 0 Å². The van der Waals surface area contributed by atoms with Crippen molar-refractivity contribution in [3.8, 4) is 0 Å². The van der Waals surface area contributed by atoms with Crippen molar-refractivity contribution in [3.05, 3.63) is 70.1 Å². The first-order chi connectivity index (χ1) is 9.74. The first-order valence-electron chi connectivity index (χ1n) is 6.68. The zero-order valence-corrected chi connectivity index (χ0v) is 12.8. The second-order valence-electron chi connectivity index (χ2n) is 4.91. The fourth-order valence-corrected chi connectivity index (χ4v) is 3.39. The Morgan fingerprint density at radius 1 is 1.10 bits per heavy atom. The highest BCUT2D eigenvalue weighted by atomic mass is 35.5. The molecule has 0 bridgehead atoms. The van der Waals surface area contributed by atoms with Crippen LogP contribution in [-0.2, 0) is 6.54 Å². The van der Waals surface area contributed by atoms with E-state index in [-0.39, 0.29) is 0 Å². The topological polar surface area (TPSA) is 12.0 Å². The summed E-state index contributed by atoms with van der Waals surface area (Å²) in [6.45, 7) is 3.06. The molecule has 1 aromatic heterocycles. The fraction of sp³-hybridized carbons (Fsp3) is 0.176. The number of hydrogen-bond acceptors (Lipinski definition) is 2. The molecule has 0 saturated heterocycles. The van der Waals surface area contributed by atoms with E-state index in [0.717, 1.165) is 11.6 Å². The normalized spacial score (nSPS) is 12.7. The van der Waals surface area contributed by atoms with Gasteiger partial charge in [-0.25, -0.2) is 0 Å². The first kappa shape index (κ1) is 13.6. The molecule has 0 aliphatic carbocycles. The van der Waals surface area contributed by atoms with Gasteiger partial charge >= 0.3 is 0 Å². The molecule has 102 valence electrons. The molecule has 2 aromatic carbocycles. The average molecular weight is 302 g/mol. The maximum absolute atomic E-state index is 5.92. The van der Waals surface area contributed by atoms with Gasteiger partial charge in [-0.15, -0.1) is 11.3 Å². The molecule has 3 aromatic rings. The van der Waals surface area contributed by atoms with Crippen LogP contribution in [-0.4, -0.2) is 0 Å². The molecule has 0 aliphatic heterocycles. The van der Waals surface area contributed by atoms with Crippen molar-refractivity contribution in [1.29, 1.82) is 0 Å². The lowest BCUT2D eigenvalue weighted by molar-refractivity contribution is 0.577. The first-order valence-corrected chi connectivity index (χ1v) is 7.94. The van der Waals surface area contributed by atoms with Crippen molar-refractivity contribution < 1.29 is 0 Å². The Morgan fingerprint density at radius 3 is 2.65 bits per heavy atom. The van der Waals surface area contributed by atoms with E-state index in [2.05, 4.69) is 54.0 Å². The fourth-order valence-electron chi connectivity index (χ4n) is 2.30. The van der Waals surface area contributed by atoms with Gasteiger partial charge in [0.05, 0.1) is 0 Å². The van der Waals surface area contributed by atoms with Crippen LogP contribution in [0, 0.1) is 0 Å². The lowest BCUT2D eigenvalue weighted by Crippen LogP contribution is -2.17. The summed E-state index contributed by atoms with van der Waals surface area (Å²) >= 11 is 7.73. The lowest BCUT2D eigenvalue weighted by Gasteiger charge is -2.14. The molecule has 0 amide bonds. The number of fused-ring (bicyclic) bond motifs is 1. The molecule has 0 radical (unpaired) electrons. The molecule has 1 heterocycles. The molecule has 0 saturated carbocycles. The third-order valence-electron chi connectivity index (χ3n) is 3.53. The van der Waals surface area contributed by atoms with Crippen LogP contribution in [0.1, 0.15) is 24.1 Å². The Bertz CT molecular complexity index is 702. The van der Waals surface area contributed by atoms with E-state index < -0.39 is 0 Å². The van der Waals surface area contributed by atoms with E-state index in [1.165, 1.54) is 21.2 Å². The van der Waals surface area contributed by atoms with Crippen LogP contribution in [0.3, 0.4) is 0 Å². The minimum absolute atomic E-state index is 0.311. The van der Waals surface area contributed by atoms with Crippen LogP contribution in [0.4, 0.5) is 0 Å². The maximum atomic E-state index is 5.92. The zero-order chi connectivity index (χ0) is 13.9. The summed E-state index contributed by atoms with van der Waals surface area (Å²) in [7, 11) is 0. The molecule has 1 nitrogen and oxygen atoms in total. The molecule has 1 atom stereocenters. The summed E-state index contributed by atoms with van der Waals surface area (Å²) in [4.78, 5) is 0. The average Bonchev–Trinajstić information content (AvgIpc) is 2.89. The minimum atomic E-state index is 0.311. The molecule has 0 fully saturated rings. The molecule has 0 aliphatic rings. The summed E-state index contributed by atoms with van der Waals surface area (Å²) in [5.74, 6) is 0. The van der Waals surface area contributed by atoms with Gasteiger partial charge in [-0.3, -0.25) is 0 Å². The number of nitrogens with one attached hydrogen (secondary N) is 1. The molecule has 0 spiro atoms. The van der Waals surface area contributed by atoms with Crippen LogP contribution in [0.25, 0.3) is 10.1 Å². The molecule has 1 N–H and O–H groups in total. The van der Waals surface area contributed by atoms with Crippen LogP contribution >= 0.6 is 22.9 Å². The third-order valence-corrected chi connectivity index (χ3v) is 4.79. The Hall–Kier alpha value is -1.35. The smallest absolute Gasteiger partial charge is 0.0406 e. The van der Waals surface area contributed by atoms with E-state index in [4.69, 9.17) is 11.6 Å². The Kier molecular flexibility index (Phi) is 4.06. The van der Waals surface area contributed by atoms with Gasteiger partial charge in [0.1, 0.15) is 0 Å². The quantitative estimate of drug-likeness (QED) is 0.680. The van der Waals surface area contributed by atoms with E-state index in [0.29, 0.717) is 6.04 Å². The maximum Gasteiger partial charge on any atom is 0.0406 e. The zero-order valence-electron chi connectivity index (χ0n) is 11.3. The number of benzene rings is 2. The number of rotatable bonds is 4. The minimum Gasteiger partial charge on any atom is -0.306 e. The van der Waals surface area contributed by atoms with Crippen molar-refractivity contribution >= 4 is 33.0 Å². The van der Waals surface area contributed by atoms with Gasteiger partial charge in [0.25, 0.3) is 0 Å². The molecular formula is C17H16ClNS. The Morgan fingerprint density at radius 2 is 1.85 bits per heavy atom. The molecule has 0 unspecified atom stereocenters. The highest BCUT2D eigenvalue weighted by Crippen LogP contribution is 2.26. The monoisotopic (exact) mass is 301 g/mol. The largest absolute Gasteiger partial charge is 0.306 e. The van der Waals surface area contributed by atoms with E-state index >= 15 is 0 Å². The molecule has 3 heteroatoms. The Labute approximate surface area is 128 Å². The van der Waals surface area contributed by atoms with E-state index in [1.54, 1.807) is 11.3 Å². The highest BCUT2D eigenvalue weighted by Gasteiger charge is 2.07. The highest BCUT2D eigenvalue weighted by molar-refractivity contribution is 7.17. The second-order valence-corrected chi connectivity index (χ2v) is 6.26. The van der Waals surface area contributed by atoms with Crippen LogP contribution in [0.15, 0.2) is 53.9 Å². The van der Waals surface area contributed by atoms with Gasteiger partial charge in [0, 0.05) is 22.3 Å². The van der Waals surface area contributed by atoms with Gasteiger partial charge in [-0.1, -0.05) is 41.9 Å². The number of thiophene rings is 1. The number of halogens is 1. The third kappa shape index (κ3) is 2.88. The predicted octanol–water partition coefficient (Wildman–Crippen LogP) is 5.41. The second kappa shape index (κ2) is 5.96.